The SMILES string of the molecule is Cc1nccn1CC(=O)N1CCS(=O)CC1. The summed E-state index contributed by atoms with van der Waals surface area (Å²) in [5.74, 6) is 2.13. The van der Waals surface area contributed by atoms with Crippen LogP contribution >= 0.6 is 0 Å². The van der Waals surface area contributed by atoms with E-state index < -0.39 is 10.8 Å². The maximum Gasteiger partial charge on any atom is 0.242 e. The van der Waals surface area contributed by atoms with E-state index in [1.54, 1.807) is 17.3 Å². The molecule has 1 aliphatic heterocycles. The van der Waals surface area contributed by atoms with Crippen LogP contribution in [0.2, 0.25) is 0 Å². The number of hydrogen-bond donors (Lipinski definition) is 0. The van der Waals surface area contributed by atoms with Gasteiger partial charge in [0.25, 0.3) is 0 Å². The minimum absolute atomic E-state index is 0.0813. The predicted octanol–water partition coefficient (Wildman–Crippen LogP) is -0.218. The first-order chi connectivity index (χ1) is 7.66. The van der Waals surface area contributed by atoms with Gasteiger partial charge in [0.1, 0.15) is 12.4 Å². The molecule has 5 nitrogen and oxygen atoms in total. The van der Waals surface area contributed by atoms with Gasteiger partial charge in [-0.15, -0.1) is 0 Å². The molecule has 1 amide bonds. The second-order valence-electron chi connectivity index (χ2n) is 3.83. The molecular weight excluding hydrogens is 226 g/mol. The fourth-order valence-corrected chi connectivity index (χ4v) is 2.76. The fraction of sp³-hybridized carbons (Fsp3) is 0.600. The lowest BCUT2D eigenvalue weighted by Gasteiger charge is -2.26. The van der Waals surface area contributed by atoms with Crippen molar-refractivity contribution in [2.75, 3.05) is 24.6 Å². The first-order valence-electron chi connectivity index (χ1n) is 5.27. The maximum absolute atomic E-state index is 11.9. The Morgan fingerprint density at radius 2 is 2.19 bits per heavy atom. The average Bonchev–Trinajstić information content (AvgIpc) is 2.65. The summed E-state index contributed by atoms with van der Waals surface area (Å²) in [4.78, 5) is 17.8. The Labute approximate surface area is 96.9 Å². The van der Waals surface area contributed by atoms with Crippen LogP contribution in [0.1, 0.15) is 5.82 Å². The molecule has 0 aromatic carbocycles. The molecule has 6 heteroatoms. The Balaban J connectivity index is 1.93. The maximum atomic E-state index is 11.9. The smallest absolute Gasteiger partial charge is 0.242 e. The third-order valence-electron chi connectivity index (χ3n) is 2.76. The lowest BCUT2D eigenvalue weighted by atomic mass is 10.4. The zero-order chi connectivity index (χ0) is 11.5. The number of nitrogens with zero attached hydrogens (tertiary/aromatic N) is 3. The van der Waals surface area contributed by atoms with Crippen LogP contribution in [0.4, 0.5) is 0 Å². The van der Waals surface area contributed by atoms with Crippen molar-refractivity contribution < 1.29 is 9.00 Å². The molecule has 0 N–H and O–H groups in total. The minimum atomic E-state index is -0.734. The van der Waals surface area contributed by atoms with Gasteiger partial charge in [0, 0.05) is 47.8 Å². The third-order valence-corrected chi connectivity index (χ3v) is 4.04. The highest BCUT2D eigenvalue weighted by molar-refractivity contribution is 7.85. The second kappa shape index (κ2) is 4.78. The quantitative estimate of drug-likeness (QED) is 0.719. The zero-order valence-corrected chi connectivity index (χ0v) is 10.1. The van der Waals surface area contributed by atoms with Gasteiger partial charge >= 0.3 is 0 Å². The van der Waals surface area contributed by atoms with Crippen molar-refractivity contribution in [1.82, 2.24) is 14.5 Å². The number of hydrogen-bond acceptors (Lipinski definition) is 3. The van der Waals surface area contributed by atoms with Gasteiger partial charge in [-0.2, -0.15) is 0 Å². The van der Waals surface area contributed by atoms with Crippen LogP contribution in [0, 0.1) is 6.92 Å². The summed E-state index contributed by atoms with van der Waals surface area (Å²) in [6.07, 6.45) is 3.49. The molecule has 88 valence electrons. The van der Waals surface area contributed by atoms with E-state index in [-0.39, 0.29) is 5.91 Å². The Kier molecular flexibility index (Phi) is 3.38. The molecule has 1 aromatic heterocycles. The molecule has 1 saturated heterocycles. The van der Waals surface area contributed by atoms with Crippen molar-refractivity contribution in [3.05, 3.63) is 18.2 Å². The van der Waals surface area contributed by atoms with Crippen LogP contribution in [0.15, 0.2) is 12.4 Å². The molecular formula is C10H15N3O2S. The van der Waals surface area contributed by atoms with Gasteiger partial charge in [-0.25, -0.2) is 4.98 Å². The van der Waals surface area contributed by atoms with E-state index in [1.807, 2.05) is 11.5 Å². The topological polar surface area (TPSA) is 55.2 Å². The number of aryl methyl sites for hydroxylation is 1. The molecule has 2 rings (SSSR count). The van der Waals surface area contributed by atoms with E-state index in [2.05, 4.69) is 4.98 Å². The van der Waals surface area contributed by atoms with Crippen molar-refractivity contribution in [3.63, 3.8) is 0 Å². The standard InChI is InChI=1S/C10H15N3O2S/c1-9-11-2-3-13(9)8-10(14)12-4-6-16(15)7-5-12/h2-3H,4-8H2,1H3. The molecule has 0 spiro atoms. The number of aromatic nitrogens is 2. The lowest BCUT2D eigenvalue weighted by Crippen LogP contribution is -2.43. The first-order valence-corrected chi connectivity index (χ1v) is 6.76. The van der Waals surface area contributed by atoms with Crippen LogP contribution in [0.3, 0.4) is 0 Å². The van der Waals surface area contributed by atoms with E-state index >= 15 is 0 Å². The van der Waals surface area contributed by atoms with Crippen molar-refractivity contribution in [2.24, 2.45) is 0 Å². The normalized spacial score (nSPS) is 17.7. The van der Waals surface area contributed by atoms with Gasteiger partial charge in [0.05, 0.1) is 0 Å². The Morgan fingerprint density at radius 3 is 2.75 bits per heavy atom. The van der Waals surface area contributed by atoms with E-state index in [1.165, 1.54) is 0 Å². The van der Waals surface area contributed by atoms with Crippen LogP contribution in [0.5, 0.6) is 0 Å². The highest BCUT2D eigenvalue weighted by atomic mass is 32.2. The molecule has 0 atom stereocenters. The molecule has 0 saturated carbocycles. The van der Waals surface area contributed by atoms with E-state index in [0.29, 0.717) is 31.1 Å². The molecule has 1 aliphatic rings. The Morgan fingerprint density at radius 1 is 1.50 bits per heavy atom. The molecule has 16 heavy (non-hydrogen) atoms. The highest BCUT2D eigenvalue weighted by Crippen LogP contribution is 2.03. The van der Waals surface area contributed by atoms with E-state index in [9.17, 15) is 9.00 Å². The monoisotopic (exact) mass is 241 g/mol. The molecule has 0 radical (unpaired) electrons. The van der Waals surface area contributed by atoms with Gasteiger partial charge in [-0.05, 0) is 6.92 Å². The summed E-state index contributed by atoms with van der Waals surface area (Å²) in [7, 11) is -0.734. The molecule has 1 aromatic rings. The van der Waals surface area contributed by atoms with Gasteiger partial charge in [-0.1, -0.05) is 0 Å². The molecule has 2 heterocycles. The number of imidazole rings is 1. The fourth-order valence-electron chi connectivity index (χ4n) is 1.70. The number of carbonyl (C=O) groups excluding carboxylic acids is 1. The van der Waals surface area contributed by atoms with Crippen LogP contribution in [-0.2, 0) is 22.1 Å². The molecule has 0 bridgehead atoms. The summed E-state index contributed by atoms with van der Waals surface area (Å²) in [5.41, 5.74) is 0. The van der Waals surface area contributed by atoms with Crippen molar-refractivity contribution >= 4 is 16.7 Å². The van der Waals surface area contributed by atoms with Crippen molar-refractivity contribution in [3.8, 4) is 0 Å². The van der Waals surface area contributed by atoms with E-state index in [4.69, 9.17) is 0 Å². The number of carbonyl (C=O) groups is 1. The Hall–Kier alpha value is -1.17. The van der Waals surface area contributed by atoms with Gasteiger partial charge in [-0.3, -0.25) is 9.00 Å². The second-order valence-corrected chi connectivity index (χ2v) is 5.53. The van der Waals surface area contributed by atoms with Gasteiger partial charge in [0.15, 0.2) is 0 Å². The Bertz CT molecular complexity index is 406. The van der Waals surface area contributed by atoms with Gasteiger partial charge in [0.2, 0.25) is 5.91 Å². The number of amides is 1. The zero-order valence-electron chi connectivity index (χ0n) is 9.26. The lowest BCUT2D eigenvalue weighted by molar-refractivity contribution is -0.131. The molecule has 0 unspecified atom stereocenters. The largest absolute Gasteiger partial charge is 0.339 e. The molecule has 1 fully saturated rings. The summed E-state index contributed by atoms with van der Waals surface area (Å²) >= 11 is 0. The van der Waals surface area contributed by atoms with Gasteiger partial charge < -0.3 is 9.47 Å². The van der Waals surface area contributed by atoms with Crippen LogP contribution in [-0.4, -0.2) is 49.2 Å². The van der Waals surface area contributed by atoms with Crippen molar-refractivity contribution in [1.29, 1.82) is 0 Å². The summed E-state index contributed by atoms with van der Waals surface area (Å²) in [6.45, 7) is 3.43. The van der Waals surface area contributed by atoms with Crippen LogP contribution in [0.25, 0.3) is 0 Å². The third kappa shape index (κ3) is 2.49. The van der Waals surface area contributed by atoms with Crippen molar-refractivity contribution in [2.45, 2.75) is 13.5 Å². The predicted molar refractivity (Wildman–Crippen MR) is 61.4 cm³/mol. The average molecular weight is 241 g/mol. The molecule has 0 aliphatic carbocycles. The summed E-state index contributed by atoms with van der Waals surface area (Å²) < 4.78 is 13.0. The summed E-state index contributed by atoms with van der Waals surface area (Å²) in [6, 6.07) is 0. The minimum Gasteiger partial charge on any atom is -0.339 e. The highest BCUT2D eigenvalue weighted by Gasteiger charge is 2.20. The van der Waals surface area contributed by atoms with Crippen LogP contribution < -0.4 is 0 Å². The van der Waals surface area contributed by atoms with E-state index in [0.717, 1.165) is 5.82 Å². The summed E-state index contributed by atoms with van der Waals surface area (Å²) in [5, 5.41) is 0. The first kappa shape index (κ1) is 11.3. The number of rotatable bonds is 2.